The minimum atomic E-state index is -0.295. The maximum Gasteiger partial charge on any atom is 0.137 e. The van der Waals surface area contributed by atoms with Crippen LogP contribution in [0.4, 0.5) is 4.39 Å². The molecule has 0 aliphatic rings. The smallest absolute Gasteiger partial charge is 0.137 e. The fraction of sp³-hybridized carbons (Fsp3) is 0.250. The molecule has 0 saturated heterocycles. The number of methoxy groups -OCH3 is 1. The molecule has 0 aliphatic carbocycles. The van der Waals surface area contributed by atoms with Crippen molar-refractivity contribution in [2.24, 2.45) is 5.73 Å². The molecule has 0 aliphatic heterocycles. The molecule has 0 saturated carbocycles. The normalized spacial score (nSPS) is 12.0. The van der Waals surface area contributed by atoms with Gasteiger partial charge in [0, 0.05) is 17.7 Å². The maximum absolute atomic E-state index is 13.2. The van der Waals surface area contributed by atoms with Crippen LogP contribution in [-0.4, -0.2) is 7.11 Å². The number of halogens is 2. The van der Waals surface area contributed by atoms with Crippen LogP contribution in [0.25, 0.3) is 0 Å². The summed E-state index contributed by atoms with van der Waals surface area (Å²) in [5, 5.41) is 0. The van der Waals surface area contributed by atoms with Gasteiger partial charge in [0.25, 0.3) is 0 Å². The first-order valence-electron chi connectivity index (χ1n) is 6.51. The van der Waals surface area contributed by atoms with Gasteiger partial charge in [0.1, 0.15) is 23.9 Å². The molecule has 2 aromatic rings. The minimum Gasteiger partial charge on any atom is -0.497 e. The van der Waals surface area contributed by atoms with Gasteiger partial charge in [0.15, 0.2) is 0 Å². The third-order valence-corrected chi connectivity index (χ3v) is 3.70. The highest BCUT2D eigenvalue weighted by molar-refractivity contribution is 9.10. The lowest BCUT2D eigenvalue weighted by molar-refractivity contribution is 0.298. The largest absolute Gasteiger partial charge is 0.497 e. The zero-order valence-electron chi connectivity index (χ0n) is 11.9. The summed E-state index contributed by atoms with van der Waals surface area (Å²) in [6, 6.07) is 10.2. The van der Waals surface area contributed by atoms with Crippen molar-refractivity contribution in [1.82, 2.24) is 0 Å². The molecule has 0 fully saturated rings. The van der Waals surface area contributed by atoms with Crippen molar-refractivity contribution in [3.05, 3.63) is 57.8 Å². The lowest BCUT2D eigenvalue weighted by atomic mass is 10.1. The number of hydrogen-bond acceptors (Lipinski definition) is 3. The highest BCUT2D eigenvalue weighted by Gasteiger charge is 2.10. The number of hydrogen-bond donors (Lipinski definition) is 1. The zero-order chi connectivity index (χ0) is 15.4. The lowest BCUT2D eigenvalue weighted by Crippen LogP contribution is -2.08. The van der Waals surface area contributed by atoms with Gasteiger partial charge in [-0.1, -0.05) is 12.1 Å². The summed E-state index contributed by atoms with van der Waals surface area (Å²) in [6.07, 6.45) is 0. The van der Waals surface area contributed by atoms with E-state index in [1.165, 1.54) is 6.07 Å². The number of nitrogens with two attached hydrogens (primary N) is 1. The first kappa shape index (κ1) is 15.8. The van der Waals surface area contributed by atoms with Crippen LogP contribution in [0, 0.1) is 5.82 Å². The minimum absolute atomic E-state index is 0.147. The topological polar surface area (TPSA) is 44.5 Å². The molecule has 5 heteroatoms. The van der Waals surface area contributed by atoms with E-state index in [1.54, 1.807) is 25.3 Å². The maximum atomic E-state index is 13.2. The van der Waals surface area contributed by atoms with Crippen molar-refractivity contribution in [3.8, 4) is 11.5 Å². The molecule has 21 heavy (non-hydrogen) atoms. The molecule has 0 amide bonds. The summed E-state index contributed by atoms with van der Waals surface area (Å²) in [7, 11) is 1.60. The standard InChI is InChI=1S/C16H17BrFNO2/c1-10(19)13-5-4-12(20-2)8-16(13)21-9-11-3-6-15(18)14(17)7-11/h3-8,10H,9,19H2,1-2H3. The van der Waals surface area contributed by atoms with E-state index in [0.29, 0.717) is 22.6 Å². The van der Waals surface area contributed by atoms with Crippen molar-refractivity contribution in [3.63, 3.8) is 0 Å². The van der Waals surface area contributed by atoms with Gasteiger partial charge in [-0.05, 0) is 46.6 Å². The Labute approximate surface area is 132 Å². The second kappa shape index (κ2) is 6.91. The molecule has 0 aromatic heterocycles. The summed E-state index contributed by atoms with van der Waals surface area (Å²) in [4.78, 5) is 0. The Balaban J connectivity index is 2.19. The SMILES string of the molecule is COc1ccc(C(C)N)c(OCc2ccc(F)c(Br)c2)c1. The quantitative estimate of drug-likeness (QED) is 0.876. The molecule has 1 atom stereocenters. The van der Waals surface area contributed by atoms with E-state index in [2.05, 4.69) is 15.9 Å². The van der Waals surface area contributed by atoms with Crippen LogP contribution in [0.2, 0.25) is 0 Å². The molecule has 0 radical (unpaired) electrons. The Hall–Kier alpha value is -1.59. The van der Waals surface area contributed by atoms with E-state index in [-0.39, 0.29) is 11.9 Å². The molecule has 0 bridgehead atoms. The van der Waals surface area contributed by atoms with E-state index in [4.69, 9.17) is 15.2 Å². The molecule has 2 N–H and O–H groups in total. The van der Waals surface area contributed by atoms with Crippen LogP contribution in [0.1, 0.15) is 24.1 Å². The summed E-state index contributed by atoms with van der Waals surface area (Å²) >= 11 is 3.16. The predicted molar refractivity (Wildman–Crippen MR) is 84.0 cm³/mol. The van der Waals surface area contributed by atoms with E-state index in [9.17, 15) is 4.39 Å². The molecule has 3 nitrogen and oxygen atoms in total. The first-order chi connectivity index (χ1) is 10.0. The van der Waals surface area contributed by atoms with E-state index in [1.807, 2.05) is 19.1 Å². The molecular formula is C16H17BrFNO2. The lowest BCUT2D eigenvalue weighted by Gasteiger charge is -2.15. The van der Waals surface area contributed by atoms with Gasteiger partial charge in [-0.3, -0.25) is 0 Å². The molecule has 2 aromatic carbocycles. The summed E-state index contributed by atoms with van der Waals surface area (Å²) in [5.41, 5.74) is 7.70. The van der Waals surface area contributed by atoms with Crippen LogP contribution in [0.15, 0.2) is 40.9 Å². The molecular weight excluding hydrogens is 337 g/mol. The van der Waals surface area contributed by atoms with Crippen molar-refractivity contribution < 1.29 is 13.9 Å². The fourth-order valence-corrected chi connectivity index (χ4v) is 2.36. The molecule has 112 valence electrons. The van der Waals surface area contributed by atoms with Crippen LogP contribution < -0.4 is 15.2 Å². The van der Waals surface area contributed by atoms with Crippen LogP contribution in [0.5, 0.6) is 11.5 Å². The van der Waals surface area contributed by atoms with Gasteiger partial charge >= 0.3 is 0 Å². The number of benzene rings is 2. The van der Waals surface area contributed by atoms with Crippen molar-refractivity contribution in [2.45, 2.75) is 19.6 Å². The first-order valence-corrected chi connectivity index (χ1v) is 7.31. The second-order valence-electron chi connectivity index (χ2n) is 4.73. The van der Waals surface area contributed by atoms with Crippen LogP contribution >= 0.6 is 15.9 Å². The highest BCUT2D eigenvalue weighted by Crippen LogP contribution is 2.29. The third kappa shape index (κ3) is 3.95. The van der Waals surface area contributed by atoms with E-state index in [0.717, 1.165) is 11.1 Å². The van der Waals surface area contributed by atoms with Gasteiger partial charge in [-0.2, -0.15) is 0 Å². The van der Waals surface area contributed by atoms with Gasteiger partial charge in [-0.15, -0.1) is 0 Å². The Bertz CT molecular complexity index is 632. The molecule has 1 unspecified atom stereocenters. The van der Waals surface area contributed by atoms with Gasteiger partial charge < -0.3 is 15.2 Å². The van der Waals surface area contributed by atoms with Crippen molar-refractivity contribution in [2.75, 3.05) is 7.11 Å². The Kier molecular flexibility index (Phi) is 5.20. The average molecular weight is 354 g/mol. The average Bonchev–Trinajstić information content (AvgIpc) is 2.48. The highest BCUT2D eigenvalue weighted by atomic mass is 79.9. The third-order valence-electron chi connectivity index (χ3n) is 3.09. The second-order valence-corrected chi connectivity index (χ2v) is 5.58. The summed E-state index contributed by atoms with van der Waals surface area (Å²) in [6.45, 7) is 2.22. The number of rotatable bonds is 5. The number of ether oxygens (including phenoxy) is 2. The molecule has 0 heterocycles. The summed E-state index contributed by atoms with van der Waals surface area (Å²) < 4.78 is 24.6. The Morgan fingerprint density at radius 1 is 1.24 bits per heavy atom. The van der Waals surface area contributed by atoms with Crippen LogP contribution in [-0.2, 0) is 6.61 Å². The van der Waals surface area contributed by atoms with Crippen molar-refractivity contribution in [1.29, 1.82) is 0 Å². The Morgan fingerprint density at radius 2 is 2.00 bits per heavy atom. The zero-order valence-corrected chi connectivity index (χ0v) is 13.5. The monoisotopic (exact) mass is 353 g/mol. The predicted octanol–water partition coefficient (Wildman–Crippen LogP) is 4.20. The molecule has 2 rings (SSSR count). The molecule has 0 spiro atoms. The van der Waals surface area contributed by atoms with Crippen molar-refractivity contribution >= 4 is 15.9 Å². The van der Waals surface area contributed by atoms with Crippen LogP contribution in [0.3, 0.4) is 0 Å². The van der Waals surface area contributed by atoms with E-state index < -0.39 is 0 Å². The summed E-state index contributed by atoms with van der Waals surface area (Å²) in [5.74, 6) is 1.08. The van der Waals surface area contributed by atoms with Gasteiger partial charge in [0.2, 0.25) is 0 Å². The fourth-order valence-electron chi connectivity index (χ4n) is 1.93. The van der Waals surface area contributed by atoms with E-state index >= 15 is 0 Å². The Morgan fingerprint density at radius 3 is 2.62 bits per heavy atom. The van der Waals surface area contributed by atoms with Gasteiger partial charge in [0.05, 0.1) is 11.6 Å². The van der Waals surface area contributed by atoms with Gasteiger partial charge in [-0.25, -0.2) is 4.39 Å².